The number of carbonyl (C=O) groups excluding carboxylic acids is 1. The first-order chi connectivity index (χ1) is 11.4. The summed E-state index contributed by atoms with van der Waals surface area (Å²) in [4.78, 5) is 23.7. The zero-order valence-corrected chi connectivity index (χ0v) is 13.9. The minimum Gasteiger partial charge on any atom is -0.358 e. The van der Waals surface area contributed by atoms with Gasteiger partial charge in [0, 0.05) is 26.2 Å². The molecule has 3 heterocycles. The van der Waals surface area contributed by atoms with Gasteiger partial charge < -0.3 is 15.0 Å². The van der Waals surface area contributed by atoms with Gasteiger partial charge in [-0.3, -0.25) is 4.79 Å². The number of nitrogens with one attached hydrogen (secondary N) is 1. The molecular weight excluding hydrogens is 358 g/mol. The first-order valence-electron chi connectivity index (χ1n) is 6.92. The Morgan fingerprint density at radius 2 is 2.04 bits per heavy atom. The van der Waals surface area contributed by atoms with Crippen LogP contribution in [0.5, 0.6) is 0 Å². The lowest BCUT2D eigenvalue weighted by atomic mass is 10.3. The molecule has 1 N–H and O–H groups in total. The lowest BCUT2D eigenvalue weighted by molar-refractivity contribution is -0.389. The van der Waals surface area contributed by atoms with E-state index in [9.17, 15) is 23.3 Å². The molecule has 0 spiro atoms. The maximum absolute atomic E-state index is 12.4. The maximum Gasteiger partial charge on any atom is 0.343 e. The van der Waals surface area contributed by atoms with Gasteiger partial charge in [-0.2, -0.15) is 4.31 Å². The molecule has 24 heavy (non-hydrogen) atoms. The summed E-state index contributed by atoms with van der Waals surface area (Å²) in [6.07, 6.45) is 0. The zero-order chi connectivity index (χ0) is 17.3. The second kappa shape index (κ2) is 6.30. The quantitative estimate of drug-likeness (QED) is 0.616. The number of thiophene rings is 1. The maximum atomic E-state index is 12.4. The van der Waals surface area contributed by atoms with Crippen LogP contribution in [0.2, 0.25) is 0 Å². The predicted molar refractivity (Wildman–Crippen MR) is 84.2 cm³/mol. The fourth-order valence-electron chi connectivity index (χ4n) is 2.35. The average molecular weight is 371 g/mol. The number of amides is 1. The monoisotopic (exact) mass is 371 g/mol. The van der Waals surface area contributed by atoms with Crippen molar-refractivity contribution in [1.82, 2.24) is 19.4 Å². The molecule has 0 radical (unpaired) electrons. The lowest BCUT2D eigenvalue weighted by Gasteiger charge is -2.33. The molecule has 1 amide bonds. The third kappa shape index (κ3) is 3.02. The van der Waals surface area contributed by atoms with Crippen LogP contribution in [0.1, 0.15) is 10.5 Å². The standard InChI is InChI=1S/C12H13N5O5S2/c18-12(9-8-10(14-13-9)17(19)20)15-3-5-16(6-4-15)24(21,22)11-2-1-7-23-11/h1-2,7-8H,3-6H2,(H,13,14). The molecule has 2 aromatic heterocycles. The van der Waals surface area contributed by atoms with E-state index in [1.165, 1.54) is 9.21 Å². The summed E-state index contributed by atoms with van der Waals surface area (Å²) in [5.41, 5.74) is -0.0590. The molecular formula is C12H13N5O5S2. The summed E-state index contributed by atoms with van der Waals surface area (Å²) < 4.78 is 26.4. The normalized spacial score (nSPS) is 16.2. The Kier molecular flexibility index (Phi) is 4.34. The van der Waals surface area contributed by atoms with Crippen molar-refractivity contribution in [3.05, 3.63) is 39.4 Å². The Balaban J connectivity index is 1.66. The minimum absolute atomic E-state index is 0.0590. The number of rotatable bonds is 4. The van der Waals surface area contributed by atoms with Crippen LogP contribution in [0.3, 0.4) is 0 Å². The highest BCUT2D eigenvalue weighted by molar-refractivity contribution is 7.91. The molecule has 12 heteroatoms. The van der Waals surface area contributed by atoms with Crippen molar-refractivity contribution in [3.63, 3.8) is 0 Å². The van der Waals surface area contributed by atoms with Crippen molar-refractivity contribution in [2.45, 2.75) is 4.21 Å². The Hall–Kier alpha value is -2.31. The molecule has 0 atom stereocenters. The highest BCUT2D eigenvalue weighted by atomic mass is 32.2. The number of nitrogens with zero attached hydrogens (tertiary/aromatic N) is 4. The number of aromatic amines is 1. The van der Waals surface area contributed by atoms with Crippen LogP contribution in [0, 0.1) is 10.1 Å². The van der Waals surface area contributed by atoms with Crippen LogP contribution in [0.25, 0.3) is 0 Å². The minimum atomic E-state index is -3.54. The Bertz CT molecular complexity index is 852. The zero-order valence-electron chi connectivity index (χ0n) is 12.3. The second-order valence-electron chi connectivity index (χ2n) is 5.02. The molecule has 0 bridgehead atoms. The van der Waals surface area contributed by atoms with Crippen molar-refractivity contribution in [1.29, 1.82) is 0 Å². The van der Waals surface area contributed by atoms with Gasteiger partial charge in [0.25, 0.3) is 15.9 Å². The van der Waals surface area contributed by atoms with Crippen LogP contribution < -0.4 is 0 Å². The number of H-pyrrole nitrogens is 1. The average Bonchev–Trinajstić information content (AvgIpc) is 3.26. The first-order valence-corrected chi connectivity index (χ1v) is 9.24. The van der Waals surface area contributed by atoms with Gasteiger partial charge in [0.2, 0.25) is 0 Å². The smallest absolute Gasteiger partial charge is 0.343 e. The highest BCUT2D eigenvalue weighted by Gasteiger charge is 2.32. The molecule has 0 aliphatic carbocycles. The van der Waals surface area contributed by atoms with E-state index in [2.05, 4.69) is 10.2 Å². The van der Waals surface area contributed by atoms with E-state index in [0.717, 1.165) is 17.4 Å². The topological polar surface area (TPSA) is 130 Å². The SMILES string of the molecule is O=C(c1cc([N+](=O)[O-])[nH]n1)N1CCN(S(=O)(=O)c2cccs2)CC1. The number of hydrogen-bond acceptors (Lipinski definition) is 7. The van der Waals surface area contributed by atoms with E-state index >= 15 is 0 Å². The highest BCUT2D eigenvalue weighted by Crippen LogP contribution is 2.22. The van der Waals surface area contributed by atoms with Gasteiger partial charge in [0.05, 0.1) is 6.07 Å². The van der Waals surface area contributed by atoms with Crippen LogP contribution >= 0.6 is 11.3 Å². The van der Waals surface area contributed by atoms with Gasteiger partial charge in [-0.15, -0.1) is 16.4 Å². The number of nitro groups is 1. The Labute approximate surface area is 140 Å². The Morgan fingerprint density at radius 3 is 2.58 bits per heavy atom. The lowest BCUT2D eigenvalue weighted by Crippen LogP contribution is -2.50. The molecule has 1 fully saturated rings. The van der Waals surface area contributed by atoms with Crippen molar-refractivity contribution < 1.29 is 18.1 Å². The molecule has 0 saturated carbocycles. The van der Waals surface area contributed by atoms with Crippen LogP contribution in [-0.2, 0) is 10.0 Å². The first kappa shape index (κ1) is 16.5. The third-order valence-electron chi connectivity index (χ3n) is 3.60. The van der Waals surface area contributed by atoms with Crippen molar-refractivity contribution in [3.8, 4) is 0 Å². The van der Waals surface area contributed by atoms with Gasteiger partial charge in [-0.05, 0) is 16.4 Å². The summed E-state index contributed by atoms with van der Waals surface area (Å²) in [5.74, 6) is -0.829. The number of piperazine rings is 1. The fourth-order valence-corrected chi connectivity index (χ4v) is 4.91. The van der Waals surface area contributed by atoms with E-state index in [1.54, 1.807) is 17.5 Å². The van der Waals surface area contributed by atoms with Crippen LogP contribution in [0.4, 0.5) is 5.82 Å². The Morgan fingerprint density at radius 1 is 1.33 bits per heavy atom. The second-order valence-corrected chi connectivity index (χ2v) is 8.14. The molecule has 2 aromatic rings. The molecule has 10 nitrogen and oxygen atoms in total. The summed E-state index contributed by atoms with van der Waals surface area (Å²) in [6, 6.07) is 4.28. The molecule has 1 aliphatic heterocycles. The number of hydrogen-bond donors (Lipinski definition) is 1. The summed E-state index contributed by atoms with van der Waals surface area (Å²) in [6.45, 7) is 0.727. The fraction of sp³-hybridized carbons (Fsp3) is 0.333. The van der Waals surface area contributed by atoms with Crippen LogP contribution in [0.15, 0.2) is 27.8 Å². The van der Waals surface area contributed by atoms with Gasteiger partial charge >= 0.3 is 5.82 Å². The third-order valence-corrected chi connectivity index (χ3v) is 6.87. The molecule has 128 valence electrons. The van der Waals surface area contributed by atoms with E-state index in [0.29, 0.717) is 0 Å². The van der Waals surface area contributed by atoms with E-state index in [4.69, 9.17) is 0 Å². The number of carbonyl (C=O) groups is 1. The summed E-state index contributed by atoms with van der Waals surface area (Å²) in [5, 5.41) is 18.1. The van der Waals surface area contributed by atoms with Gasteiger partial charge in [-0.1, -0.05) is 11.2 Å². The summed E-state index contributed by atoms with van der Waals surface area (Å²) >= 11 is 1.14. The van der Waals surface area contributed by atoms with E-state index in [1.807, 2.05) is 0 Å². The molecule has 1 saturated heterocycles. The van der Waals surface area contributed by atoms with Crippen molar-refractivity contribution in [2.24, 2.45) is 0 Å². The van der Waals surface area contributed by atoms with Crippen LogP contribution in [-0.4, -0.2) is 64.8 Å². The number of aromatic nitrogens is 2. The molecule has 1 aliphatic rings. The van der Waals surface area contributed by atoms with E-state index < -0.39 is 20.9 Å². The summed E-state index contributed by atoms with van der Waals surface area (Å²) in [7, 11) is -3.54. The molecule has 3 rings (SSSR count). The van der Waals surface area contributed by atoms with Crippen molar-refractivity contribution in [2.75, 3.05) is 26.2 Å². The van der Waals surface area contributed by atoms with Gasteiger partial charge in [0.15, 0.2) is 5.69 Å². The largest absolute Gasteiger partial charge is 0.358 e. The molecule has 0 aromatic carbocycles. The van der Waals surface area contributed by atoms with Gasteiger partial charge in [-0.25, -0.2) is 8.42 Å². The number of sulfonamides is 1. The predicted octanol–water partition coefficient (Wildman–Crippen LogP) is 0.526. The van der Waals surface area contributed by atoms with Crippen molar-refractivity contribution >= 4 is 33.1 Å². The van der Waals surface area contributed by atoms with Gasteiger partial charge in [0.1, 0.15) is 4.21 Å². The molecule has 0 unspecified atom stereocenters. The van der Waals surface area contributed by atoms with E-state index in [-0.39, 0.29) is 41.9 Å².